The van der Waals surface area contributed by atoms with Crippen LogP contribution in [0.1, 0.15) is 0 Å². The summed E-state index contributed by atoms with van der Waals surface area (Å²) in [5.41, 5.74) is 0.221. The van der Waals surface area contributed by atoms with Gasteiger partial charge in [0, 0.05) is 26.2 Å². The summed E-state index contributed by atoms with van der Waals surface area (Å²) in [6, 6.07) is 3.43. The van der Waals surface area contributed by atoms with E-state index >= 15 is 0 Å². The summed E-state index contributed by atoms with van der Waals surface area (Å²) in [7, 11) is 0. The second-order valence-corrected chi connectivity index (χ2v) is 3.83. The Morgan fingerprint density at radius 1 is 1.25 bits per heavy atom. The highest BCUT2D eigenvalue weighted by atomic mass is 19.1. The van der Waals surface area contributed by atoms with Crippen LogP contribution in [-0.4, -0.2) is 37.7 Å². The normalized spacial score (nSPS) is 17.4. The monoisotopic (exact) mass is 227 g/mol. The second-order valence-electron chi connectivity index (χ2n) is 3.83. The summed E-state index contributed by atoms with van der Waals surface area (Å²) in [6.45, 7) is 4.26. The van der Waals surface area contributed by atoms with Crippen LogP contribution in [-0.2, 0) is 0 Å². The summed E-state index contributed by atoms with van der Waals surface area (Å²) in [5, 5.41) is 6.14. The second kappa shape index (κ2) is 5.23. The Kier molecular flexibility index (Phi) is 3.69. The average Bonchev–Trinajstić information content (AvgIpc) is 2.32. The quantitative estimate of drug-likeness (QED) is 0.813. The van der Waals surface area contributed by atoms with Crippen molar-refractivity contribution in [3.8, 4) is 0 Å². The van der Waals surface area contributed by atoms with Crippen molar-refractivity contribution in [2.24, 2.45) is 0 Å². The minimum Gasteiger partial charge on any atom is -0.370 e. The summed E-state index contributed by atoms with van der Waals surface area (Å²) in [4.78, 5) is 2.15. The molecule has 2 N–H and O–H groups in total. The molecule has 1 heterocycles. The van der Waals surface area contributed by atoms with Crippen LogP contribution in [0.3, 0.4) is 0 Å². The molecule has 1 fully saturated rings. The van der Waals surface area contributed by atoms with Crippen LogP contribution < -0.4 is 10.6 Å². The largest absolute Gasteiger partial charge is 0.370 e. The van der Waals surface area contributed by atoms with Gasteiger partial charge in [0.25, 0.3) is 0 Å². The highest BCUT2D eigenvalue weighted by molar-refractivity contribution is 5.44. The zero-order chi connectivity index (χ0) is 11.4. The van der Waals surface area contributed by atoms with Crippen molar-refractivity contribution < 1.29 is 8.78 Å². The molecule has 0 radical (unpaired) electrons. The molecule has 1 aromatic rings. The van der Waals surface area contributed by atoms with Crippen LogP contribution in [0.15, 0.2) is 18.2 Å². The van der Waals surface area contributed by atoms with Crippen molar-refractivity contribution in [3.05, 3.63) is 29.8 Å². The Labute approximate surface area is 93.4 Å². The first-order valence-corrected chi connectivity index (χ1v) is 5.38. The number of hydrogen-bond donors (Lipinski definition) is 2. The molecule has 0 aliphatic carbocycles. The number of benzene rings is 1. The number of hydrogen-bond acceptors (Lipinski definition) is 3. The third-order valence-electron chi connectivity index (χ3n) is 2.63. The topological polar surface area (TPSA) is 27.3 Å². The molecule has 0 amide bonds. The van der Waals surface area contributed by atoms with Crippen molar-refractivity contribution in [2.45, 2.75) is 0 Å². The highest BCUT2D eigenvalue weighted by Crippen LogP contribution is 2.15. The Morgan fingerprint density at radius 3 is 2.75 bits per heavy atom. The van der Waals surface area contributed by atoms with Crippen LogP contribution in [0, 0.1) is 11.6 Å². The first-order valence-electron chi connectivity index (χ1n) is 5.38. The van der Waals surface area contributed by atoms with Gasteiger partial charge in [0.1, 0.15) is 11.6 Å². The molecule has 0 bridgehead atoms. The van der Waals surface area contributed by atoms with Gasteiger partial charge in [-0.2, -0.15) is 0 Å². The predicted octanol–water partition coefficient (Wildman–Crippen LogP) is 1.24. The zero-order valence-electron chi connectivity index (χ0n) is 8.97. The summed E-state index contributed by atoms with van der Waals surface area (Å²) in [5.74, 6) is -0.847. The van der Waals surface area contributed by atoms with Crippen molar-refractivity contribution in [3.63, 3.8) is 0 Å². The third-order valence-corrected chi connectivity index (χ3v) is 2.63. The summed E-state index contributed by atoms with van der Waals surface area (Å²) >= 11 is 0. The lowest BCUT2D eigenvalue weighted by atomic mass is 10.3. The number of nitrogens with zero attached hydrogens (tertiary/aromatic N) is 1. The van der Waals surface area contributed by atoms with Crippen LogP contribution in [0.4, 0.5) is 14.5 Å². The van der Waals surface area contributed by atoms with E-state index in [1.54, 1.807) is 0 Å². The van der Waals surface area contributed by atoms with E-state index in [4.69, 9.17) is 0 Å². The van der Waals surface area contributed by atoms with Crippen LogP contribution in [0.5, 0.6) is 0 Å². The zero-order valence-corrected chi connectivity index (χ0v) is 8.97. The average molecular weight is 227 g/mol. The van der Waals surface area contributed by atoms with Gasteiger partial charge in [-0.15, -0.1) is 0 Å². The molecule has 1 aromatic carbocycles. The molecule has 1 saturated heterocycles. The SMILES string of the molecule is Fc1ccc(F)c(NCN2CCNCC2)c1. The predicted molar refractivity (Wildman–Crippen MR) is 59.3 cm³/mol. The van der Waals surface area contributed by atoms with Crippen molar-refractivity contribution in [1.29, 1.82) is 0 Å². The highest BCUT2D eigenvalue weighted by Gasteiger charge is 2.10. The van der Waals surface area contributed by atoms with Crippen molar-refractivity contribution >= 4 is 5.69 Å². The molecule has 2 rings (SSSR count). The van der Waals surface area contributed by atoms with Crippen LogP contribution in [0.2, 0.25) is 0 Å². The van der Waals surface area contributed by atoms with E-state index in [-0.39, 0.29) is 5.69 Å². The minimum absolute atomic E-state index is 0.221. The van der Waals surface area contributed by atoms with E-state index in [9.17, 15) is 8.78 Å². The maximum Gasteiger partial charge on any atom is 0.146 e. The molecular weight excluding hydrogens is 212 g/mol. The fourth-order valence-corrected chi connectivity index (χ4v) is 1.70. The van der Waals surface area contributed by atoms with E-state index in [2.05, 4.69) is 15.5 Å². The van der Waals surface area contributed by atoms with Gasteiger partial charge in [0.05, 0.1) is 12.4 Å². The van der Waals surface area contributed by atoms with Crippen molar-refractivity contribution in [2.75, 3.05) is 38.2 Å². The lowest BCUT2D eigenvalue weighted by Gasteiger charge is -2.27. The van der Waals surface area contributed by atoms with E-state index in [1.807, 2.05) is 0 Å². The van der Waals surface area contributed by atoms with Gasteiger partial charge < -0.3 is 10.6 Å². The molecule has 0 saturated carbocycles. The summed E-state index contributed by atoms with van der Waals surface area (Å²) < 4.78 is 26.1. The van der Waals surface area contributed by atoms with E-state index in [0.29, 0.717) is 6.67 Å². The van der Waals surface area contributed by atoms with Gasteiger partial charge in [0.2, 0.25) is 0 Å². The number of halogens is 2. The Hall–Kier alpha value is -1.20. The molecule has 0 unspecified atom stereocenters. The number of piperazine rings is 1. The van der Waals surface area contributed by atoms with E-state index < -0.39 is 11.6 Å². The fraction of sp³-hybridized carbons (Fsp3) is 0.455. The van der Waals surface area contributed by atoms with Gasteiger partial charge in [0.15, 0.2) is 0 Å². The minimum atomic E-state index is -0.427. The van der Waals surface area contributed by atoms with Gasteiger partial charge in [-0.05, 0) is 18.2 Å². The maximum atomic E-state index is 13.3. The lowest BCUT2D eigenvalue weighted by Crippen LogP contribution is -2.45. The molecule has 16 heavy (non-hydrogen) atoms. The fourth-order valence-electron chi connectivity index (χ4n) is 1.70. The Morgan fingerprint density at radius 2 is 2.00 bits per heavy atom. The first-order chi connectivity index (χ1) is 7.75. The van der Waals surface area contributed by atoms with E-state index in [1.165, 1.54) is 6.07 Å². The first kappa shape index (κ1) is 11.3. The molecule has 5 heteroatoms. The molecule has 3 nitrogen and oxygen atoms in total. The van der Waals surface area contributed by atoms with Gasteiger partial charge in [-0.25, -0.2) is 8.78 Å². The van der Waals surface area contributed by atoms with Crippen LogP contribution >= 0.6 is 0 Å². The Balaban J connectivity index is 1.90. The molecular formula is C11H15F2N3. The molecule has 1 aliphatic rings. The molecule has 88 valence electrons. The van der Waals surface area contributed by atoms with Gasteiger partial charge >= 0.3 is 0 Å². The molecule has 1 aliphatic heterocycles. The summed E-state index contributed by atoms with van der Waals surface area (Å²) in [6.07, 6.45) is 0. The maximum absolute atomic E-state index is 13.3. The molecule has 0 spiro atoms. The Bertz CT molecular complexity index is 351. The number of anilines is 1. The lowest BCUT2D eigenvalue weighted by molar-refractivity contribution is 0.256. The standard InChI is InChI=1S/C11H15F2N3/c12-9-1-2-10(13)11(7-9)15-8-16-5-3-14-4-6-16/h1-2,7,14-15H,3-6,8H2. The van der Waals surface area contributed by atoms with Gasteiger partial charge in [-0.3, -0.25) is 4.90 Å². The van der Waals surface area contributed by atoms with Gasteiger partial charge in [-0.1, -0.05) is 0 Å². The number of rotatable bonds is 3. The van der Waals surface area contributed by atoms with Crippen molar-refractivity contribution in [1.82, 2.24) is 10.2 Å². The van der Waals surface area contributed by atoms with Crippen LogP contribution in [0.25, 0.3) is 0 Å². The third kappa shape index (κ3) is 2.90. The molecule has 0 aromatic heterocycles. The molecule has 0 atom stereocenters. The van der Waals surface area contributed by atoms with E-state index in [0.717, 1.165) is 38.3 Å². The number of nitrogens with one attached hydrogen (secondary N) is 2. The smallest absolute Gasteiger partial charge is 0.146 e.